The van der Waals surface area contributed by atoms with E-state index >= 15 is 0 Å². The van der Waals surface area contributed by atoms with E-state index < -0.39 is 0 Å². The van der Waals surface area contributed by atoms with Crippen LogP contribution in [0.25, 0.3) is 98.0 Å². The lowest BCUT2D eigenvalue weighted by molar-refractivity contribution is 1.67. The minimum absolute atomic E-state index is 1.24. The molecular formula is C48H30. The monoisotopic (exact) mass is 606 g/mol. The van der Waals surface area contributed by atoms with E-state index in [0.717, 1.165) is 0 Å². The third-order valence-corrected chi connectivity index (χ3v) is 10.2. The van der Waals surface area contributed by atoms with Crippen LogP contribution in [0.4, 0.5) is 0 Å². The number of benzene rings is 10. The summed E-state index contributed by atoms with van der Waals surface area (Å²) in [6, 6.07) is 67.2. The molecule has 48 heavy (non-hydrogen) atoms. The van der Waals surface area contributed by atoms with Gasteiger partial charge in [-0.3, -0.25) is 0 Å². The van der Waals surface area contributed by atoms with Crippen molar-refractivity contribution in [1.29, 1.82) is 0 Å². The first kappa shape index (κ1) is 26.9. The molecule has 0 heterocycles. The summed E-state index contributed by atoms with van der Waals surface area (Å²) >= 11 is 0. The molecule has 0 heteroatoms. The van der Waals surface area contributed by atoms with E-state index in [2.05, 4.69) is 182 Å². The molecule has 0 saturated heterocycles. The van der Waals surface area contributed by atoms with E-state index in [9.17, 15) is 0 Å². The van der Waals surface area contributed by atoms with Crippen molar-refractivity contribution in [3.8, 4) is 33.4 Å². The fourth-order valence-corrected chi connectivity index (χ4v) is 7.96. The molecule has 0 amide bonds. The summed E-state index contributed by atoms with van der Waals surface area (Å²) in [4.78, 5) is 0. The second-order valence-corrected chi connectivity index (χ2v) is 12.9. The minimum Gasteiger partial charge on any atom is -0.0616 e. The highest BCUT2D eigenvalue weighted by molar-refractivity contribution is 6.22. The predicted molar refractivity (Wildman–Crippen MR) is 208 cm³/mol. The number of hydrogen-bond donors (Lipinski definition) is 0. The molecule has 0 aromatic heterocycles. The van der Waals surface area contributed by atoms with Gasteiger partial charge in [0.1, 0.15) is 0 Å². The number of hydrogen-bond acceptors (Lipinski definition) is 0. The largest absolute Gasteiger partial charge is 0.0616 e. The van der Waals surface area contributed by atoms with Crippen LogP contribution in [0.2, 0.25) is 0 Å². The Kier molecular flexibility index (Phi) is 5.98. The van der Waals surface area contributed by atoms with Crippen molar-refractivity contribution >= 4 is 64.6 Å². The first-order valence-electron chi connectivity index (χ1n) is 16.7. The molecule has 10 aromatic rings. The highest BCUT2D eigenvalue weighted by atomic mass is 14.2. The maximum absolute atomic E-state index is 2.39. The van der Waals surface area contributed by atoms with Crippen LogP contribution in [0, 0.1) is 0 Å². The van der Waals surface area contributed by atoms with Gasteiger partial charge in [0.25, 0.3) is 0 Å². The van der Waals surface area contributed by atoms with Gasteiger partial charge in [0.15, 0.2) is 0 Å². The summed E-state index contributed by atoms with van der Waals surface area (Å²) in [6.07, 6.45) is 0. The molecular weight excluding hydrogens is 577 g/mol. The maximum atomic E-state index is 2.39. The Hall–Kier alpha value is -6.24. The van der Waals surface area contributed by atoms with E-state index in [1.54, 1.807) is 0 Å². The average Bonchev–Trinajstić information content (AvgIpc) is 3.16. The van der Waals surface area contributed by atoms with Crippen molar-refractivity contribution in [1.82, 2.24) is 0 Å². The van der Waals surface area contributed by atoms with Crippen molar-refractivity contribution in [2.75, 3.05) is 0 Å². The van der Waals surface area contributed by atoms with E-state index in [0.29, 0.717) is 0 Å². The average molecular weight is 607 g/mol. The fraction of sp³-hybridized carbons (Fsp3) is 0. The standard InChI is InChI=1S/C48H30/c1-2-12-33-27-36(25-22-31(33)11-1)47-42-17-7-9-19-44(42)48(45-20-10-8-18-43(45)47)37-26-23-32-21-24-35(28-38(32)29-37)46-30-34-13-3-4-14-39(34)40-15-5-6-16-41(40)46/h1-30H. The van der Waals surface area contributed by atoms with Crippen molar-refractivity contribution in [2.45, 2.75) is 0 Å². The molecule has 0 aliphatic carbocycles. The Morgan fingerprint density at radius 3 is 1.21 bits per heavy atom. The quantitative estimate of drug-likeness (QED) is 0.139. The summed E-state index contributed by atoms with van der Waals surface area (Å²) in [5.41, 5.74) is 7.57. The van der Waals surface area contributed by atoms with Gasteiger partial charge in [-0.2, -0.15) is 0 Å². The van der Waals surface area contributed by atoms with Crippen LogP contribution in [0.15, 0.2) is 182 Å². The van der Waals surface area contributed by atoms with Crippen molar-refractivity contribution in [3.05, 3.63) is 182 Å². The summed E-state index contributed by atoms with van der Waals surface area (Å²) in [6.45, 7) is 0. The molecule has 0 atom stereocenters. The van der Waals surface area contributed by atoms with Gasteiger partial charge in [0.2, 0.25) is 0 Å². The van der Waals surface area contributed by atoms with Gasteiger partial charge in [-0.1, -0.05) is 158 Å². The Labute approximate surface area is 279 Å². The van der Waals surface area contributed by atoms with Crippen LogP contribution in [-0.4, -0.2) is 0 Å². The summed E-state index contributed by atoms with van der Waals surface area (Å²) in [7, 11) is 0. The van der Waals surface area contributed by atoms with Gasteiger partial charge in [-0.25, -0.2) is 0 Å². The van der Waals surface area contributed by atoms with Crippen LogP contribution in [0.5, 0.6) is 0 Å². The molecule has 0 nitrogen and oxygen atoms in total. The maximum Gasteiger partial charge on any atom is -0.00262 e. The van der Waals surface area contributed by atoms with Gasteiger partial charge in [0.05, 0.1) is 0 Å². The van der Waals surface area contributed by atoms with Crippen LogP contribution in [-0.2, 0) is 0 Å². The van der Waals surface area contributed by atoms with Crippen molar-refractivity contribution in [3.63, 3.8) is 0 Å². The molecule has 0 spiro atoms. The Bertz CT molecular complexity index is 2830. The second-order valence-electron chi connectivity index (χ2n) is 12.9. The third-order valence-electron chi connectivity index (χ3n) is 10.2. The van der Waals surface area contributed by atoms with Gasteiger partial charge >= 0.3 is 0 Å². The molecule has 0 unspecified atom stereocenters. The smallest absolute Gasteiger partial charge is 0.00262 e. The van der Waals surface area contributed by atoms with Crippen molar-refractivity contribution < 1.29 is 0 Å². The lowest BCUT2D eigenvalue weighted by atomic mass is 9.85. The number of rotatable bonds is 3. The van der Waals surface area contributed by atoms with E-state index in [-0.39, 0.29) is 0 Å². The lowest BCUT2D eigenvalue weighted by Crippen LogP contribution is -1.91. The van der Waals surface area contributed by atoms with Gasteiger partial charge in [0, 0.05) is 0 Å². The molecule has 0 fully saturated rings. The molecule has 0 aliphatic rings. The molecule has 0 bridgehead atoms. The van der Waals surface area contributed by atoms with Crippen LogP contribution in [0.1, 0.15) is 0 Å². The zero-order valence-electron chi connectivity index (χ0n) is 26.3. The zero-order valence-corrected chi connectivity index (χ0v) is 26.3. The molecule has 0 saturated carbocycles. The molecule has 222 valence electrons. The Morgan fingerprint density at radius 1 is 0.208 bits per heavy atom. The van der Waals surface area contributed by atoms with Crippen LogP contribution < -0.4 is 0 Å². The fourth-order valence-electron chi connectivity index (χ4n) is 7.96. The Balaban J connectivity index is 1.21. The van der Waals surface area contributed by atoms with E-state index in [1.165, 1.54) is 98.0 Å². The van der Waals surface area contributed by atoms with Gasteiger partial charge < -0.3 is 0 Å². The Morgan fingerprint density at radius 2 is 0.604 bits per heavy atom. The third kappa shape index (κ3) is 4.16. The van der Waals surface area contributed by atoms with Gasteiger partial charge in [-0.05, 0) is 122 Å². The number of fused-ring (bicyclic) bond motifs is 7. The first-order chi connectivity index (χ1) is 23.8. The van der Waals surface area contributed by atoms with Gasteiger partial charge in [-0.15, -0.1) is 0 Å². The van der Waals surface area contributed by atoms with Crippen LogP contribution >= 0.6 is 0 Å². The topological polar surface area (TPSA) is 0 Å². The van der Waals surface area contributed by atoms with E-state index in [1.807, 2.05) is 0 Å². The summed E-state index contributed by atoms with van der Waals surface area (Å²) in [5, 5.41) is 15.3. The highest BCUT2D eigenvalue weighted by Crippen LogP contribution is 2.45. The molecule has 10 aromatic carbocycles. The minimum atomic E-state index is 1.24. The molecule has 10 rings (SSSR count). The molecule has 0 N–H and O–H groups in total. The molecule has 0 aliphatic heterocycles. The summed E-state index contributed by atoms with van der Waals surface area (Å²) in [5.74, 6) is 0. The second kappa shape index (κ2) is 10.7. The SMILES string of the molecule is c1ccc2cc(-c3c4ccccc4c(-c4ccc5ccc(-c6cc7ccccc7c7ccccc67)cc5c4)c4ccccc34)ccc2c1. The van der Waals surface area contributed by atoms with Crippen molar-refractivity contribution in [2.24, 2.45) is 0 Å². The van der Waals surface area contributed by atoms with E-state index in [4.69, 9.17) is 0 Å². The highest BCUT2D eigenvalue weighted by Gasteiger charge is 2.17. The molecule has 0 radical (unpaired) electrons. The summed E-state index contributed by atoms with van der Waals surface area (Å²) < 4.78 is 0. The predicted octanol–water partition coefficient (Wildman–Crippen LogP) is 13.6. The zero-order chi connectivity index (χ0) is 31.6. The first-order valence-corrected chi connectivity index (χ1v) is 16.7. The lowest BCUT2D eigenvalue weighted by Gasteiger charge is -2.18. The van der Waals surface area contributed by atoms with Crippen LogP contribution in [0.3, 0.4) is 0 Å². The normalized spacial score (nSPS) is 11.8.